The van der Waals surface area contributed by atoms with Crippen molar-refractivity contribution in [1.82, 2.24) is 0 Å². The van der Waals surface area contributed by atoms with E-state index in [0.29, 0.717) is 11.1 Å². The van der Waals surface area contributed by atoms with Crippen LogP contribution in [0.3, 0.4) is 0 Å². The monoisotopic (exact) mass is 450 g/mol. The molecule has 33 heavy (non-hydrogen) atoms. The van der Waals surface area contributed by atoms with Gasteiger partial charge in [-0.15, -0.1) is 6.58 Å². The Morgan fingerprint density at radius 1 is 1.09 bits per heavy atom. The van der Waals surface area contributed by atoms with Crippen LogP contribution in [-0.2, 0) is 19.1 Å². The van der Waals surface area contributed by atoms with Gasteiger partial charge < -0.3 is 19.7 Å². The van der Waals surface area contributed by atoms with Crippen molar-refractivity contribution >= 4 is 17.5 Å². The average molecular weight is 450 g/mol. The van der Waals surface area contributed by atoms with Gasteiger partial charge in [0, 0.05) is 23.6 Å². The predicted molar refractivity (Wildman–Crippen MR) is 123 cm³/mol. The van der Waals surface area contributed by atoms with Crippen LogP contribution in [0.4, 0.5) is 0 Å². The van der Waals surface area contributed by atoms with Gasteiger partial charge in [0.2, 0.25) is 5.78 Å². The lowest BCUT2D eigenvalue weighted by Gasteiger charge is -2.18. The molecule has 7 heteroatoms. The molecule has 172 valence electrons. The van der Waals surface area contributed by atoms with Gasteiger partial charge in [-0.2, -0.15) is 0 Å². The smallest absolute Gasteiger partial charge is 0.342 e. The molecule has 1 unspecified atom stereocenters. The van der Waals surface area contributed by atoms with Crippen LogP contribution >= 0.6 is 0 Å². The first-order valence-electron chi connectivity index (χ1n) is 10.2. The molecule has 3 rings (SSSR count). The molecular weight excluding hydrogens is 424 g/mol. The number of esters is 1. The van der Waals surface area contributed by atoms with Gasteiger partial charge in [0.25, 0.3) is 0 Å². The Morgan fingerprint density at radius 2 is 1.76 bits per heavy atom. The van der Waals surface area contributed by atoms with Gasteiger partial charge >= 0.3 is 5.97 Å². The van der Waals surface area contributed by atoms with E-state index in [4.69, 9.17) is 14.6 Å². The molecule has 0 heterocycles. The largest absolute Gasteiger partial charge is 0.508 e. The number of phenols is 2. The first kappa shape index (κ1) is 25.1. The molecule has 0 fully saturated rings. The van der Waals surface area contributed by atoms with E-state index >= 15 is 0 Å². The Labute approximate surface area is 192 Å². The zero-order valence-electron chi connectivity index (χ0n) is 18.7. The maximum atomic E-state index is 12.1. The molecule has 0 aromatic heterocycles. The number of hydrogen-bond donors (Lipinski definition) is 2. The summed E-state index contributed by atoms with van der Waals surface area (Å²) in [6.45, 7) is 7.31. The molecule has 7 nitrogen and oxygen atoms in total. The average Bonchev–Trinajstić information content (AvgIpc) is 2.77. The number of aromatic hydroxyl groups is 2. The second-order valence-corrected chi connectivity index (χ2v) is 7.04. The number of ketones is 2. The molecule has 0 spiro atoms. The highest BCUT2D eigenvalue weighted by Crippen LogP contribution is 2.29. The topological polar surface area (TPSA) is 110 Å². The quantitative estimate of drug-likeness (QED) is 0.386. The van der Waals surface area contributed by atoms with Crippen LogP contribution in [0.1, 0.15) is 34.3 Å². The lowest BCUT2D eigenvalue weighted by molar-refractivity contribution is -0.117. The number of phenolic OH excluding ortho intramolecular Hbond substituents is 2. The SMILES string of the molecule is C=CC(C1=CC(=O)C(OC)=CC1=O)c1ccccc1.CCOC(=O)c1c(C)cc(O)cc1O. The molecule has 2 N–H and O–H groups in total. The fourth-order valence-electron chi connectivity index (χ4n) is 3.28. The summed E-state index contributed by atoms with van der Waals surface area (Å²) in [7, 11) is 1.37. The summed E-state index contributed by atoms with van der Waals surface area (Å²) in [6.07, 6.45) is 4.23. The lowest BCUT2D eigenvalue weighted by atomic mass is 9.85. The number of carbonyl (C=O) groups excluding carboxylic acids is 3. The standard InChI is InChI=1S/C16H14O3.C10H12O4/c1-3-12(11-7-5-4-6-8-11)13-9-15(18)16(19-2)10-14(13)17;1-3-14-10(13)9-6(2)4-7(11)5-8(9)12/h3-10,12H,1H2,2H3;4-5,11-12H,3H2,1-2H3. The Bertz CT molecular complexity index is 1090. The molecular formula is C26H26O7. The van der Waals surface area contributed by atoms with E-state index in [0.717, 1.165) is 11.6 Å². The molecule has 1 aliphatic carbocycles. The summed E-state index contributed by atoms with van der Waals surface area (Å²) in [5.41, 5.74) is 1.94. The van der Waals surface area contributed by atoms with Crippen LogP contribution in [-0.4, -0.2) is 41.5 Å². The molecule has 1 atom stereocenters. The van der Waals surface area contributed by atoms with Crippen LogP contribution in [0, 0.1) is 6.92 Å². The van der Waals surface area contributed by atoms with Crippen molar-refractivity contribution in [1.29, 1.82) is 0 Å². The first-order chi connectivity index (χ1) is 15.7. The van der Waals surface area contributed by atoms with E-state index in [9.17, 15) is 19.5 Å². The Kier molecular flexibility index (Phi) is 8.74. The van der Waals surface area contributed by atoms with Gasteiger partial charge in [-0.25, -0.2) is 4.79 Å². The van der Waals surface area contributed by atoms with Crippen molar-refractivity contribution in [3.63, 3.8) is 0 Å². The van der Waals surface area contributed by atoms with Crippen molar-refractivity contribution in [2.75, 3.05) is 13.7 Å². The fourth-order valence-corrected chi connectivity index (χ4v) is 3.28. The third kappa shape index (κ3) is 6.20. The van der Waals surface area contributed by atoms with Crippen LogP contribution in [0.5, 0.6) is 11.5 Å². The molecule has 0 radical (unpaired) electrons. The summed E-state index contributed by atoms with van der Waals surface area (Å²) in [5, 5.41) is 18.5. The normalized spacial score (nSPS) is 13.7. The van der Waals surface area contributed by atoms with Gasteiger partial charge in [-0.05, 0) is 37.1 Å². The third-order valence-electron chi connectivity index (χ3n) is 4.80. The predicted octanol–water partition coefficient (Wildman–Crippen LogP) is 4.15. The van der Waals surface area contributed by atoms with E-state index < -0.39 is 5.97 Å². The summed E-state index contributed by atoms with van der Waals surface area (Å²) in [6, 6.07) is 12.0. The summed E-state index contributed by atoms with van der Waals surface area (Å²) in [5.74, 6) is -1.64. The van der Waals surface area contributed by atoms with Gasteiger partial charge in [0.1, 0.15) is 17.1 Å². The summed E-state index contributed by atoms with van der Waals surface area (Å²) in [4.78, 5) is 35.2. The number of allylic oxidation sites excluding steroid dienone is 4. The molecule has 0 saturated heterocycles. The highest BCUT2D eigenvalue weighted by molar-refractivity contribution is 6.19. The minimum absolute atomic E-state index is 0.0737. The van der Waals surface area contributed by atoms with Crippen molar-refractivity contribution in [2.45, 2.75) is 19.8 Å². The molecule has 0 amide bonds. The highest BCUT2D eigenvalue weighted by Gasteiger charge is 2.26. The lowest BCUT2D eigenvalue weighted by Crippen LogP contribution is -2.18. The number of ether oxygens (including phenoxy) is 2. The van der Waals surface area contributed by atoms with E-state index in [2.05, 4.69) is 6.58 Å². The number of benzene rings is 2. The van der Waals surface area contributed by atoms with Gasteiger partial charge in [0.15, 0.2) is 11.5 Å². The molecule has 2 aromatic rings. The van der Waals surface area contributed by atoms with Crippen LogP contribution < -0.4 is 0 Å². The zero-order valence-corrected chi connectivity index (χ0v) is 18.7. The van der Waals surface area contributed by atoms with Crippen molar-refractivity contribution in [3.05, 3.63) is 95.3 Å². The molecule has 0 aliphatic heterocycles. The first-order valence-corrected chi connectivity index (χ1v) is 10.2. The fraction of sp³-hybridized carbons (Fsp3) is 0.192. The van der Waals surface area contributed by atoms with E-state index in [1.165, 1.54) is 25.3 Å². The van der Waals surface area contributed by atoms with Crippen molar-refractivity contribution < 1.29 is 34.1 Å². The van der Waals surface area contributed by atoms with E-state index in [-0.39, 0.29) is 46.9 Å². The van der Waals surface area contributed by atoms with Gasteiger partial charge in [0.05, 0.1) is 13.7 Å². The van der Waals surface area contributed by atoms with Crippen LogP contribution in [0.25, 0.3) is 0 Å². The Balaban J connectivity index is 0.000000245. The Hall–Kier alpha value is -4.13. The molecule has 0 bridgehead atoms. The molecule has 0 saturated carbocycles. The number of hydrogen-bond acceptors (Lipinski definition) is 7. The molecule has 2 aromatic carbocycles. The minimum Gasteiger partial charge on any atom is -0.508 e. The number of aryl methyl sites for hydroxylation is 1. The zero-order chi connectivity index (χ0) is 24.5. The van der Waals surface area contributed by atoms with Gasteiger partial charge in [-0.1, -0.05) is 36.4 Å². The van der Waals surface area contributed by atoms with Gasteiger partial charge in [-0.3, -0.25) is 9.59 Å². The van der Waals surface area contributed by atoms with E-state index in [1.807, 2.05) is 30.3 Å². The van der Waals surface area contributed by atoms with Crippen molar-refractivity contribution in [3.8, 4) is 11.5 Å². The maximum Gasteiger partial charge on any atom is 0.342 e. The second kappa shape index (κ2) is 11.5. The summed E-state index contributed by atoms with van der Waals surface area (Å²) >= 11 is 0. The number of methoxy groups -OCH3 is 1. The van der Waals surface area contributed by atoms with Crippen LogP contribution in [0.2, 0.25) is 0 Å². The second-order valence-electron chi connectivity index (χ2n) is 7.04. The van der Waals surface area contributed by atoms with E-state index in [1.54, 1.807) is 19.9 Å². The van der Waals surface area contributed by atoms with Crippen molar-refractivity contribution in [2.24, 2.45) is 0 Å². The Morgan fingerprint density at radius 3 is 2.30 bits per heavy atom. The highest BCUT2D eigenvalue weighted by atomic mass is 16.5. The number of carbonyl (C=O) groups is 3. The minimum atomic E-state index is -0.581. The van der Waals surface area contributed by atoms with Crippen LogP contribution in [0.15, 0.2) is 78.6 Å². The number of rotatable bonds is 6. The molecule has 1 aliphatic rings. The maximum absolute atomic E-state index is 12.1. The summed E-state index contributed by atoms with van der Waals surface area (Å²) < 4.78 is 9.61. The third-order valence-corrected chi connectivity index (χ3v) is 4.80.